The molecule has 1 aromatic carbocycles. The lowest BCUT2D eigenvalue weighted by molar-refractivity contribution is -0.139. The zero-order chi connectivity index (χ0) is 24.3. The number of amides is 3. The molecule has 0 aliphatic carbocycles. The van der Waals surface area contributed by atoms with Gasteiger partial charge in [-0.3, -0.25) is 29.2 Å². The molecule has 0 bridgehead atoms. The maximum Gasteiger partial charge on any atom is 0.322 e. The molecule has 0 aromatic heterocycles. The van der Waals surface area contributed by atoms with E-state index in [-0.39, 0.29) is 24.3 Å². The number of aliphatic carboxylic acids is 2. The predicted molar refractivity (Wildman–Crippen MR) is 114 cm³/mol. The van der Waals surface area contributed by atoms with Crippen LogP contribution in [0.5, 0.6) is 0 Å². The first-order valence-corrected chi connectivity index (χ1v) is 10.0. The van der Waals surface area contributed by atoms with E-state index in [2.05, 4.69) is 16.6 Å². The molecule has 0 aliphatic rings. The van der Waals surface area contributed by atoms with E-state index in [0.29, 0.717) is 22.4 Å². The molecule has 12 nitrogen and oxygen atoms in total. The lowest BCUT2D eigenvalue weighted by atomic mass is 10.1. The molecule has 0 saturated heterocycles. The molecule has 1 aromatic rings. The van der Waals surface area contributed by atoms with Crippen molar-refractivity contribution in [3.63, 3.8) is 0 Å². The molecule has 0 unspecified atom stereocenters. The highest BCUT2D eigenvalue weighted by molar-refractivity contribution is 8.13. The monoisotopic (exact) mass is 466 g/mol. The van der Waals surface area contributed by atoms with Gasteiger partial charge in [0.1, 0.15) is 18.6 Å². The van der Waals surface area contributed by atoms with Crippen molar-refractivity contribution in [1.29, 1.82) is 0 Å². The van der Waals surface area contributed by atoms with Crippen molar-refractivity contribution < 1.29 is 39.4 Å². The number of carbonyl (C=O) groups excluding carboxylic acids is 3. The zero-order valence-electron chi connectivity index (χ0n) is 16.7. The van der Waals surface area contributed by atoms with Gasteiger partial charge < -0.3 is 26.6 Å². The summed E-state index contributed by atoms with van der Waals surface area (Å²) in [7, 11) is 0. The second-order valence-corrected chi connectivity index (χ2v) is 7.27. The normalized spacial score (nSPS) is 12.0. The first kappa shape index (κ1) is 26.4. The third-order valence-corrected chi connectivity index (χ3v) is 4.79. The number of carbonyl (C=O) groups is 5. The third kappa shape index (κ3) is 9.04. The molecule has 3 amide bonds. The predicted octanol–water partition coefficient (Wildman–Crippen LogP) is -0.406. The molecule has 0 radical (unpaired) electrons. The van der Waals surface area contributed by atoms with Crippen LogP contribution in [0.15, 0.2) is 24.3 Å². The summed E-state index contributed by atoms with van der Waals surface area (Å²) in [5.74, 6) is -2.25. The van der Waals surface area contributed by atoms with Crippen LogP contribution in [0.25, 0.3) is 0 Å². The molecule has 0 saturated carbocycles. The van der Waals surface area contributed by atoms with Gasteiger partial charge in [-0.15, -0.1) is 6.42 Å². The number of terminal acetylenes is 1. The Bertz CT molecular complexity index is 917. The Morgan fingerprint density at radius 3 is 2.50 bits per heavy atom. The number of hydroxylamine groups is 1. The van der Waals surface area contributed by atoms with E-state index < -0.39 is 47.6 Å². The number of carboxylic acid groups (broad SMARTS) is 2. The van der Waals surface area contributed by atoms with Gasteiger partial charge in [0, 0.05) is 17.7 Å². The average molecular weight is 466 g/mol. The van der Waals surface area contributed by atoms with E-state index in [1.54, 1.807) is 6.07 Å². The van der Waals surface area contributed by atoms with E-state index in [1.165, 1.54) is 18.2 Å². The molecule has 0 aliphatic heterocycles. The molecule has 7 N–H and O–H groups in total. The fraction of sp³-hybridized carbons (Fsp3) is 0.316. The van der Waals surface area contributed by atoms with Crippen molar-refractivity contribution in [1.82, 2.24) is 10.6 Å². The van der Waals surface area contributed by atoms with Crippen LogP contribution in [-0.2, 0) is 19.2 Å². The van der Waals surface area contributed by atoms with Gasteiger partial charge in [0.2, 0.25) is 11.8 Å². The largest absolute Gasteiger partial charge is 0.480 e. The smallest absolute Gasteiger partial charge is 0.322 e. The number of rotatable bonds is 11. The number of nitrogens with zero attached hydrogens (tertiary/aromatic N) is 1. The van der Waals surface area contributed by atoms with Gasteiger partial charge in [-0.1, -0.05) is 23.7 Å². The summed E-state index contributed by atoms with van der Waals surface area (Å²) < 4.78 is 0. The Kier molecular flexibility index (Phi) is 10.7. The van der Waals surface area contributed by atoms with Crippen molar-refractivity contribution in [3.8, 4) is 12.3 Å². The second-order valence-electron chi connectivity index (χ2n) is 6.30. The molecule has 13 heteroatoms. The van der Waals surface area contributed by atoms with Gasteiger partial charge in [-0.2, -0.15) is 5.06 Å². The number of hydrogen-bond donors (Lipinski definition) is 6. The van der Waals surface area contributed by atoms with Crippen LogP contribution < -0.4 is 21.4 Å². The number of anilines is 1. The van der Waals surface area contributed by atoms with E-state index in [1.807, 2.05) is 0 Å². The Morgan fingerprint density at radius 2 is 1.91 bits per heavy atom. The zero-order valence-corrected chi connectivity index (χ0v) is 17.5. The molecule has 0 heterocycles. The van der Waals surface area contributed by atoms with Crippen LogP contribution in [0.2, 0.25) is 0 Å². The molecule has 32 heavy (non-hydrogen) atoms. The number of nitrogens with two attached hydrogens (primary N) is 1. The van der Waals surface area contributed by atoms with Gasteiger partial charge in [0.25, 0.3) is 0 Å². The van der Waals surface area contributed by atoms with Gasteiger partial charge in [-0.05, 0) is 24.6 Å². The van der Waals surface area contributed by atoms with Crippen molar-refractivity contribution in [2.24, 2.45) is 5.73 Å². The first-order chi connectivity index (χ1) is 15.0. The highest BCUT2D eigenvalue weighted by Crippen LogP contribution is 2.19. The highest BCUT2D eigenvalue weighted by atomic mass is 32.2. The molecule has 1 rings (SSSR count). The number of benzene rings is 1. The third-order valence-electron chi connectivity index (χ3n) is 3.87. The molecule has 0 spiro atoms. The average Bonchev–Trinajstić information content (AvgIpc) is 2.77. The minimum absolute atomic E-state index is 0.0801. The number of carboxylic acids is 2. The molecule has 0 fully saturated rings. The minimum Gasteiger partial charge on any atom is -0.480 e. The Balaban J connectivity index is 2.79. The molecular weight excluding hydrogens is 444 g/mol. The summed E-state index contributed by atoms with van der Waals surface area (Å²) in [6, 6.07) is 3.28. The van der Waals surface area contributed by atoms with Gasteiger partial charge in [0.15, 0.2) is 0 Å². The summed E-state index contributed by atoms with van der Waals surface area (Å²) in [5.41, 5.74) is 5.82. The van der Waals surface area contributed by atoms with E-state index in [4.69, 9.17) is 22.4 Å². The number of hydrogen-bond acceptors (Lipinski definition) is 8. The maximum absolute atomic E-state index is 12.3. The van der Waals surface area contributed by atoms with Crippen LogP contribution in [-0.4, -0.2) is 68.8 Å². The van der Waals surface area contributed by atoms with Crippen molar-refractivity contribution >= 4 is 46.4 Å². The lowest BCUT2D eigenvalue weighted by Gasteiger charge is -2.19. The molecule has 172 valence electrons. The van der Waals surface area contributed by atoms with Crippen LogP contribution >= 0.6 is 11.8 Å². The van der Waals surface area contributed by atoms with Gasteiger partial charge in [-0.25, -0.2) is 0 Å². The van der Waals surface area contributed by atoms with Crippen LogP contribution in [0, 0.1) is 12.3 Å². The van der Waals surface area contributed by atoms with Crippen molar-refractivity contribution in [2.45, 2.75) is 24.9 Å². The van der Waals surface area contributed by atoms with Gasteiger partial charge >= 0.3 is 17.2 Å². The summed E-state index contributed by atoms with van der Waals surface area (Å²) >= 11 is 0.478. The van der Waals surface area contributed by atoms with E-state index in [0.717, 1.165) is 0 Å². The summed E-state index contributed by atoms with van der Waals surface area (Å²) in [5, 5.41) is 31.3. The SMILES string of the molecule is C#Cc1cccc(N(O)C(=O)SC[C@H](NC(=O)CC[C@H](N)C(=O)O)C(=O)NCC(=O)O)c1. The fourth-order valence-corrected chi connectivity index (χ4v) is 2.97. The first-order valence-electron chi connectivity index (χ1n) is 9.04. The lowest BCUT2D eigenvalue weighted by Crippen LogP contribution is -2.50. The molecular formula is C19H22N4O8S. The topological polar surface area (TPSA) is 199 Å². The standard InChI is InChI=1S/C19H22N4O8S/c1-2-11-4-3-5-12(8-11)23(31)19(30)32-10-14(17(27)21-9-16(25)26)22-15(24)7-6-13(20)18(28)29/h1,3-5,8,13-14,31H,6-7,9-10,20H2,(H,21,27)(H,22,24)(H,25,26)(H,28,29)/t13-,14-/m0/s1. The van der Waals surface area contributed by atoms with E-state index >= 15 is 0 Å². The van der Waals surface area contributed by atoms with Crippen molar-refractivity contribution in [3.05, 3.63) is 29.8 Å². The summed E-state index contributed by atoms with van der Waals surface area (Å²) in [6.07, 6.45) is 4.75. The summed E-state index contributed by atoms with van der Waals surface area (Å²) in [4.78, 5) is 58.0. The highest BCUT2D eigenvalue weighted by Gasteiger charge is 2.25. The van der Waals surface area contributed by atoms with Crippen molar-refractivity contribution in [2.75, 3.05) is 17.4 Å². The van der Waals surface area contributed by atoms with Gasteiger partial charge in [0.05, 0.1) is 5.69 Å². The number of nitrogens with one attached hydrogen (secondary N) is 2. The number of thioether (sulfide) groups is 1. The summed E-state index contributed by atoms with van der Waals surface area (Å²) in [6.45, 7) is -0.724. The fourth-order valence-electron chi connectivity index (χ4n) is 2.19. The quantitative estimate of drug-likeness (QED) is 0.142. The Labute approximate surface area is 187 Å². The van der Waals surface area contributed by atoms with E-state index in [9.17, 15) is 29.2 Å². The maximum atomic E-state index is 12.3. The molecule has 2 atom stereocenters. The van der Waals surface area contributed by atoms with Crippen LogP contribution in [0.3, 0.4) is 0 Å². The Hall–Kier alpha value is -3.60. The van der Waals surface area contributed by atoms with Crippen LogP contribution in [0.4, 0.5) is 10.5 Å². The minimum atomic E-state index is -1.35. The second kappa shape index (κ2) is 13.0. The Morgan fingerprint density at radius 1 is 1.22 bits per heavy atom. The van der Waals surface area contributed by atoms with Crippen LogP contribution in [0.1, 0.15) is 18.4 Å².